The van der Waals surface area contributed by atoms with Crippen LogP contribution >= 0.6 is 0 Å². The molecule has 4 heterocycles. The van der Waals surface area contributed by atoms with Crippen molar-refractivity contribution in [3.8, 4) is 11.3 Å². The number of aromatic nitrogens is 6. The fourth-order valence-corrected chi connectivity index (χ4v) is 4.88. The quantitative estimate of drug-likeness (QED) is 0.417. The number of piperazine rings is 1. The Morgan fingerprint density at radius 3 is 2.35 bits per heavy atom. The zero-order valence-corrected chi connectivity index (χ0v) is 22.1. The minimum atomic E-state index is -0.358. The number of carbonyl (C=O) groups excluding carboxylic acids is 1. The van der Waals surface area contributed by atoms with Gasteiger partial charge in [-0.15, -0.1) is 0 Å². The molecule has 0 N–H and O–H groups in total. The van der Waals surface area contributed by atoms with Crippen molar-refractivity contribution in [3.63, 3.8) is 0 Å². The molecule has 10 heteroatoms. The van der Waals surface area contributed by atoms with E-state index in [4.69, 9.17) is 4.98 Å². The first kappa shape index (κ1) is 24.7. The third-order valence-corrected chi connectivity index (χ3v) is 6.92. The van der Waals surface area contributed by atoms with Crippen LogP contribution in [0.4, 0.5) is 5.69 Å². The van der Waals surface area contributed by atoms with Gasteiger partial charge in [-0.05, 0) is 36.6 Å². The molecule has 0 spiro atoms. The van der Waals surface area contributed by atoms with Gasteiger partial charge in [-0.1, -0.05) is 32.9 Å². The lowest BCUT2D eigenvalue weighted by atomic mass is 9.97. The minimum absolute atomic E-state index is 0.0130. The highest BCUT2D eigenvalue weighted by molar-refractivity contribution is 5.80. The zero-order valence-electron chi connectivity index (χ0n) is 22.1. The standard InChI is InChI=1S/C27H34N8O2/c1-19(35-18-28-17-29-35)25(36)33-14-12-32(13-15-33)21-8-6-20(7-9-21)22-10-11-23-24(30-22)31(5)26(37)34(23)16-27(2,3)4/h6-11,17-19H,12-16H2,1-5H3. The predicted octanol–water partition coefficient (Wildman–Crippen LogP) is 2.95. The molecule has 37 heavy (non-hydrogen) atoms. The van der Waals surface area contributed by atoms with Crippen LogP contribution in [0, 0.1) is 5.41 Å². The van der Waals surface area contributed by atoms with Crippen molar-refractivity contribution < 1.29 is 4.79 Å². The van der Waals surface area contributed by atoms with Gasteiger partial charge in [0.25, 0.3) is 0 Å². The summed E-state index contributed by atoms with van der Waals surface area (Å²) >= 11 is 0. The number of pyridine rings is 1. The first-order valence-corrected chi connectivity index (χ1v) is 12.7. The largest absolute Gasteiger partial charge is 0.368 e. The second kappa shape index (κ2) is 9.49. The molecule has 0 saturated carbocycles. The molecule has 1 atom stereocenters. The van der Waals surface area contributed by atoms with Gasteiger partial charge in [-0.2, -0.15) is 5.10 Å². The van der Waals surface area contributed by atoms with E-state index in [2.05, 4.69) is 60.0 Å². The molecule has 1 fully saturated rings. The highest BCUT2D eigenvalue weighted by Crippen LogP contribution is 2.26. The second-order valence-corrected chi connectivity index (χ2v) is 10.9. The maximum absolute atomic E-state index is 12.8. The van der Waals surface area contributed by atoms with E-state index < -0.39 is 0 Å². The number of anilines is 1. The molecular formula is C27H34N8O2. The Hall–Kier alpha value is -3.95. The molecule has 0 bridgehead atoms. The number of hydrogen-bond donors (Lipinski definition) is 0. The van der Waals surface area contributed by atoms with Gasteiger partial charge in [0.05, 0.1) is 11.2 Å². The fourth-order valence-electron chi connectivity index (χ4n) is 4.88. The van der Waals surface area contributed by atoms with Gasteiger partial charge in [0, 0.05) is 51.0 Å². The number of hydrogen-bond acceptors (Lipinski definition) is 6. The Balaban J connectivity index is 1.28. The van der Waals surface area contributed by atoms with Crippen LogP contribution in [0.5, 0.6) is 0 Å². The fraction of sp³-hybridized carbons (Fsp3) is 0.444. The molecule has 194 valence electrons. The lowest BCUT2D eigenvalue weighted by Crippen LogP contribution is -2.50. The monoisotopic (exact) mass is 502 g/mol. The van der Waals surface area contributed by atoms with Crippen molar-refractivity contribution in [3.05, 3.63) is 59.5 Å². The Kier molecular flexibility index (Phi) is 6.35. The second-order valence-electron chi connectivity index (χ2n) is 10.9. The van der Waals surface area contributed by atoms with Crippen molar-refractivity contribution in [2.75, 3.05) is 31.1 Å². The third kappa shape index (κ3) is 4.87. The van der Waals surface area contributed by atoms with Crippen LogP contribution in [0.3, 0.4) is 0 Å². The first-order valence-electron chi connectivity index (χ1n) is 12.7. The molecule has 3 aromatic heterocycles. The van der Waals surface area contributed by atoms with Gasteiger partial charge in [-0.25, -0.2) is 19.4 Å². The smallest absolute Gasteiger partial charge is 0.330 e. The van der Waals surface area contributed by atoms with E-state index in [1.165, 1.54) is 6.33 Å². The Bertz CT molecular complexity index is 1450. The Morgan fingerprint density at radius 1 is 1.03 bits per heavy atom. The summed E-state index contributed by atoms with van der Waals surface area (Å²) in [5.74, 6) is 0.0627. The zero-order chi connectivity index (χ0) is 26.3. The van der Waals surface area contributed by atoms with E-state index >= 15 is 0 Å². The first-order chi connectivity index (χ1) is 17.6. The van der Waals surface area contributed by atoms with Crippen molar-refractivity contribution in [1.82, 2.24) is 33.8 Å². The SMILES string of the molecule is CC(C(=O)N1CCN(c2ccc(-c3ccc4c(n3)n(C)c(=O)n4CC(C)(C)C)cc2)CC1)n1cncn1. The normalized spacial score (nSPS) is 15.4. The highest BCUT2D eigenvalue weighted by atomic mass is 16.2. The molecular weight excluding hydrogens is 468 g/mol. The maximum Gasteiger partial charge on any atom is 0.330 e. The summed E-state index contributed by atoms with van der Waals surface area (Å²) < 4.78 is 5.03. The molecule has 1 aromatic carbocycles. The van der Waals surface area contributed by atoms with E-state index in [9.17, 15) is 9.59 Å². The topological polar surface area (TPSA) is 94.1 Å². The summed E-state index contributed by atoms with van der Waals surface area (Å²) in [6.07, 6.45) is 3.03. The number of amides is 1. The van der Waals surface area contributed by atoms with Crippen molar-refractivity contribution in [1.29, 1.82) is 0 Å². The van der Waals surface area contributed by atoms with E-state index in [0.29, 0.717) is 25.3 Å². The average molecular weight is 503 g/mol. The van der Waals surface area contributed by atoms with E-state index in [-0.39, 0.29) is 23.1 Å². The van der Waals surface area contributed by atoms with Crippen LogP contribution in [-0.4, -0.2) is 65.9 Å². The number of fused-ring (bicyclic) bond motifs is 1. The summed E-state index contributed by atoms with van der Waals surface area (Å²) in [6.45, 7) is 11.7. The molecule has 5 rings (SSSR count). The minimum Gasteiger partial charge on any atom is -0.368 e. The van der Waals surface area contributed by atoms with Gasteiger partial charge >= 0.3 is 5.69 Å². The molecule has 1 saturated heterocycles. The molecule has 1 unspecified atom stereocenters. The molecule has 4 aromatic rings. The Morgan fingerprint density at radius 2 is 1.73 bits per heavy atom. The highest BCUT2D eigenvalue weighted by Gasteiger charge is 2.26. The number of imidazole rings is 1. The summed E-state index contributed by atoms with van der Waals surface area (Å²) in [5.41, 5.74) is 4.44. The maximum atomic E-state index is 12.8. The summed E-state index contributed by atoms with van der Waals surface area (Å²) in [5, 5.41) is 4.09. The summed E-state index contributed by atoms with van der Waals surface area (Å²) in [7, 11) is 1.78. The van der Waals surface area contributed by atoms with Gasteiger partial charge in [0.2, 0.25) is 5.91 Å². The van der Waals surface area contributed by atoms with E-state index in [1.54, 1.807) is 22.6 Å². The van der Waals surface area contributed by atoms with E-state index in [1.807, 2.05) is 28.5 Å². The van der Waals surface area contributed by atoms with Crippen LogP contribution in [0.15, 0.2) is 53.8 Å². The van der Waals surface area contributed by atoms with Crippen molar-refractivity contribution in [2.24, 2.45) is 12.5 Å². The van der Waals surface area contributed by atoms with Crippen LogP contribution in [-0.2, 0) is 18.4 Å². The lowest BCUT2D eigenvalue weighted by molar-refractivity contribution is -0.134. The van der Waals surface area contributed by atoms with Gasteiger partial charge in [0.15, 0.2) is 5.65 Å². The average Bonchev–Trinajstić information content (AvgIpc) is 3.51. The molecule has 0 aliphatic carbocycles. The van der Waals surface area contributed by atoms with Gasteiger partial charge in [0.1, 0.15) is 18.7 Å². The van der Waals surface area contributed by atoms with Crippen LogP contribution in [0.25, 0.3) is 22.4 Å². The van der Waals surface area contributed by atoms with Crippen molar-refractivity contribution in [2.45, 2.75) is 40.3 Å². The number of benzene rings is 1. The number of carbonyl (C=O) groups is 1. The van der Waals surface area contributed by atoms with Gasteiger partial charge in [-0.3, -0.25) is 13.9 Å². The number of aryl methyl sites for hydroxylation is 1. The molecule has 1 aliphatic rings. The van der Waals surface area contributed by atoms with Crippen LogP contribution in [0.1, 0.15) is 33.7 Å². The summed E-state index contributed by atoms with van der Waals surface area (Å²) in [4.78, 5) is 38.6. The molecule has 0 radical (unpaired) electrons. The van der Waals surface area contributed by atoms with Gasteiger partial charge < -0.3 is 9.80 Å². The third-order valence-electron chi connectivity index (χ3n) is 6.92. The lowest BCUT2D eigenvalue weighted by Gasteiger charge is -2.37. The van der Waals surface area contributed by atoms with Crippen LogP contribution < -0.4 is 10.6 Å². The Labute approximate surface area is 216 Å². The summed E-state index contributed by atoms with van der Waals surface area (Å²) in [6, 6.07) is 12.0. The van der Waals surface area contributed by atoms with Crippen molar-refractivity contribution >= 4 is 22.8 Å². The van der Waals surface area contributed by atoms with E-state index in [0.717, 1.165) is 35.6 Å². The number of nitrogens with zero attached hydrogens (tertiary/aromatic N) is 8. The number of rotatable bonds is 5. The molecule has 1 aliphatic heterocycles. The predicted molar refractivity (Wildman–Crippen MR) is 143 cm³/mol. The molecule has 10 nitrogen and oxygen atoms in total. The van der Waals surface area contributed by atoms with Crippen LogP contribution in [0.2, 0.25) is 0 Å². The molecule has 1 amide bonds.